The van der Waals surface area contributed by atoms with Gasteiger partial charge in [-0.3, -0.25) is 19.3 Å². The average Bonchev–Trinajstić information content (AvgIpc) is 3.38. The molecule has 1 N–H and O–H groups in total. The van der Waals surface area contributed by atoms with Crippen LogP contribution in [0.2, 0.25) is 0 Å². The lowest BCUT2D eigenvalue weighted by Crippen LogP contribution is -2.47. The summed E-state index contributed by atoms with van der Waals surface area (Å²) in [5, 5.41) is 2.17. The van der Waals surface area contributed by atoms with E-state index < -0.39 is 31.6 Å². The highest BCUT2D eigenvalue weighted by molar-refractivity contribution is 7.53. The second kappa shape index (κ2) is 16.0. The van der Waals surface area contributed by atoms with E-state index in [0.717, 1.165) is 22.5 Å². The molecular weight excluding hydrogens is 638 g/mol. The Balaban J connectivity index is 1.29. The number of nitrogens with one attached hydrogen (secondary N) is 1. The van der Waals surface area contributed by atoms with Gasteiger partial charge < -0.3 is 14.4 Å². The van der Waals surface area contributed by atoms with Gasteiger partial charge in [0.05, 0.1) is 18.9 Å². The number of fused-ring (bicyclic) bond motifs is 3. The van der Waals surface area contributed by atoms with Crippen LogP contribution in [0.15, 0.2) is 97.3 Å². The number of aryl methyl sites for hydroxylation is 2. The van der Waals surface area contributed by atoms with Crippen LogP contribution in [0.25, 0.3) is 11.1 Å². The number of carbonyl (C=O) groups is 1. The Morgan fingerprint density at radius 1 is 0.833 bits per heavy atom. The maximum absolute atomic E-state index is 14.2. The molecule has 2 atom stereocenters. The number of unbranched alkanes of at least 4 members (excludes halogenated alkanes) is 1. The molecule has 2 heterocycles. The van der Waals surface area contributed by atoms with Crippen molar-refractivity contribution in [3.05, 3.63) is 120 Å². The summed E-state index contributed by atoms with van der Waals surface area (Å²) in [6, 6.07) is 26.1. The highest BCUT2D eigenvalue weighted by atomic mass is 31.2. The Labute approximate surface area is 279 Å². The van der Waals surface area contributed by atoms with Crippen molar-refractivity contribution >= 4 is 13.5 Å². The highest BCUT2D eigenvalue weighted by Crippen LogP contribution is 2.54. The van der Waals surface area contributed by atoms with E-state index in [1.807, 2.05) is 79.7 Å². The van der Waals surface area contributed by atoms with E-state index >= 15 is 0 Å². The molecule has 2 unspecified atom stereocenters. The first-order chi connectivity index (χ1) is 23.1. The van der Waals surface area contributed by atoms with Gasteiger partial charge in [-0.05, 0) is 92.0 Å². The Bertz CT molecular complexity index is 1640. The van der Waals surface area contributed by atoms with Crippen molar-refractivity contribution in [2.75, 3.05) is 19.3 Å². The van der Waals surface area contributed by atoms with Crippen molar-refractivity contribution in [3.8, 4) is 11.1 Å². The van der Waals surface area contributed by atoms with Gasteiger partial charge in [0.15, 0.2) is 0 Å². The lowest BCUT2D eigenvalue weighted by molar-refractivity contribution is -0.141. The number of hydrogen-bond acceptors (Lipinski definition) is 6. The molecule has 4 aromatic rings. The number of hydrogen-bond donors (Lipinski definition) is 1. The van der Waals surface area contributed by atoms with Gasteiger partial charge >= 0.3 is 13.8 Å². The Morgan fingerprint density at radius 3 is 2.00 bits per heavy atom. The summed E-state index contributed by atoms with van der Waals surface area (Å²) < 4.78 is 66.1. The third kappa shape index (κ3) is 8.98. The Hall–Kier alpha value is -3.85. The van der Waals surface area contributed by atoms with Crippen molar-refractivity contribution in [1.82, 2.24) is 15.3 Å². The number of halogens is 3. The van der Waals surface area contributed by atoms with E-state index in [0.29, 0.717) is 49.7 Å². The second-order valence-corrected chi connectivity index (χ2v) is 14.3. The molecular formula is C37H41F3N3O4P. The molecule has 0 fully saturated rings. The Morgan fingerprint density at radius 2 is 1.42 bits per heavy atom. The van der Waals surface area contributed by atoms with Crippen LogP contribution in [0.3, 0.4) is 0 Å². The quantitative estimate of drug-likeness (QED) is 0.0890. The summed E-state index contributed by atoms with van der Waals surface area (Å²) in [6.07, 6.45) is 2.13. The van der Waals surface area contributed by atoms with E-state index in [2.05, 4.69) is 15.3 Å². The van der Waals surface area contributed by atoms with E-state index in [-0.39, 0.29) is 25.3 Å². The minimum atomic E-state index is -4.56. The number of aromatic nitrogens is 2. The van der Waals surface area contributed by atoms with Gasteiger partial charge in [0, 0.05) is 23.8 Å². The molecule has 1 aliphatic rings. The van der Waals surface area contributed by atoms with E-state index in [1.54, 1.807) is 24.5 Å². The van der Waals surface area contributed by atoms with Crippen molar-refractivity contribution in [2.24, 2.45) is 0 Å². The number of benzene rings is 2. The van der Waals surface area contributed by atoms with Crippen LogP contribution in [0.1, 0.15) is 61.5 Å². The summed E-state index contributed by atoms with van der Waals surface area (Å²) in [5.74, 6) is -0.703. The molecule has 2 aromatic carbocycles. The van der Waals surface area contributed by atoms with Crippen LogP contribution in [-0.2, 0) is 36.7 Å². The first kappa shape index (κ1) is 35.5. The van der Waals surface area contributed by atoms with Crippen LogP contribution in [0, 0.1) is 0 Å². The van der Waals surface area contributed by atoms with E-state index in [4.69, 9.17) is 9.05 Å². The van der Waals surface area contributed by atoms with Crippen LogP contribution >= 0.6 is 7.60 Å². The second-order valence-electron chi connectivity index (χ2n) is 12.1. The fourth-order valence-electron chi connectivity index (χ4n) is 6.35. The standard InChI is InChI=1S/C37H41F3N3O4P/c1-28(20-21-30-14-7-10-24-42-30)47-48(45,46-25-12-15-29-13-6-9-23-41-29)26-11-8-22-36(35(44)43-27-37(38,39)40)33-18-4-2-16-31(33)32-17-3-5-19-34(32)36/h2-7,9-10,13-14,16-19,23-24,28H,8,11-12,15,20-22,25-27H2,1H3,(H,43,44). The highest BCUT2D eigenvalue weighted by Gasteiger charge is 2.49. The van der Waals surface area contributed by atoms with Crippen LogP contribution < -0.4 is 5.32 Å². The monoisotopic (exact) mass is 679 g/mol. The zero-order chi connectivity index (χ0) is 34.0. The number of amides is 1. The third-order valence-electron chi connectivity index (χ3n) is 8.60. The first-order valence-electron chi connectivity index (χ1n) is 16.4. The predicted octanol–water partition coefficient (Wildman–Crippen LogP) is 8.47. The van der Waals surface area contributed by atoms with Gasteiger partial charge in [-0.15, -0.1) is 0 Å². The van der Waals surface area contributed by atoms with Gasteiger partial charge in [-0.25, -0.2) is 0 Å². The molecule has 2 aromatic heterocycles. The topological polar surface area (TPSA) is 90.4 Å². The molecule has 0 aliphatic heterocycles. The lowest BCUT2D eigenvalue weighted by atomic mass is 9.73. The normalized spacial score (nSPS) is 15.2. The molecule has 48 heavy (non-hydrogen) atoms. The smallest absolute Gasteiger partial charge is 0.346 e. The van der Waals surface area contributed by atoms with Crippen molar-refractivity contribution in [2.45, 2.75) is 69.6 Å². The summed E-state index contributed by atoms with van der Waals surface area (Å²) in [4.78, 5) is 22.5. The minimum absolute atomic E-state index is 0.105. The minimum Gasteiger partial charge on any atom is -0.346 e. The molecule has 1 aliphatic carbocycles. The number of carbonyl (C=O) groups excluding carboxylic acids is 1. The molecule has 1 amide bonds. The fraction of sp³-hybridized carbons (Fsp3) is 0.378. The largest absolute Gasteiger partial charge is 0.405 e. The molecule has 0 radical (unpaired) electrons. The summed E-state index contributed by atoms with van der Waals surface area (Å²) in [7, 11) is -3.58. The summed E-state index contributed by atoms with van der Waals surface area (Å²) >= 11 is 0. The zero-order valence-electron chi connectivity index (χ0n) is 27.0. The van der Waals surface area contributed by atoms with Crippen molar-refractivity contribution in [3.63, 3.8) is 0 Å². The first-order valence-corrected chi connectivity index (χ1v) is 18.1. The predicted molar refractivity (Wildman–Crippen MR) is 180 cm³/mol. The Kier molecular flexibility index (Phi) is 11.8. The number of nitrogens with zero attached hydrogens (tertiary/aromatic N) is 2. The number of alkyl halides is 3. The van der Waals surface area contributed by atoms with Crippen LogP contribution in [0.4, 0.5) is 13.2 Å². The average molecular weight is 680 g/mol. The zero-order valence-corrected chi connectivity index (χ0v) is 27.9. The molecule has 0 saturated heterocycles. The summed E-state index contributed by atoms with van der Waals surface area (Å²) in [5.41, 5.74) is 3.46. The summed E-state index contributed by atoms with van der Waals surface area (Å²) in [6.45, 7) is 0.647. The maximum atomic E-state index is 14.2. The number of pyridine rings is 2. The van der Waals surface area contributed by atoms with Crippen LogP contribution in [-0.4, -0.2) is 47.5 Å². The maximum Gasteiger partial charge on any atom is 0.405 e. The SMILES string of the molecule is CC(CCc1ccccn1)OP(=O)(CCCCC1(C(=O)NCC(F)(F)F)c2ccccc2-c2ccccc21)OCCCc1ccccn1. The molecule has 7 nitrogen and oxygen atoms in total. The van der Waals surface area contributed by atoms with Gasteiger partial charge in [-0.2, -0.15) is 13.2 Å². The molecule has 0 saturated carbocycles. The van der Waals surface area contributed by atoms with E-state index in [1.165, 1.54) is 0 Å². The molecule has 5 rings (SSSR count). The molecule has 0 spiro atoms. The molecule has 11 heteroatoms. The lowest BCUT2D eigenvalue weighted by Gasteiger charge is -2.31. The van der Waals surface area contributed by atoms with E-state index in [9.17, 15) is 22.5 Å². The third-order valence-corrected chi connectivity index (χ3v) is 10.7. The van der Waals surface area contributed by atoms with Crippen LogP contribution in [0.5, 0.6) is 0 Å². The van der Waals surface area contributed by atoms with Gasteiger partial charge in [0.2, 0.25) is 5.91 Å². The number of rotatable bonds is 17. The van der Waals surface area contributed by atoms with Gasteiger partial charge in [0.1, 0.15) is 12.0 Å². The van der Waals surface area contributed by atoms with Gasteiger partial charge in [0.25, 0.3) is 0 Å². The fourth-order valence-corrected chi connectivity index (χ4v) is 8.32. The molecule has 0 bridgehead atoms. The molecule has 254 valence electrons. The van der Waals surface area contributed by atoms with Crippen molar-refractivity contribution < 1.29 is 31.6 Å². The van der Waals surface area contributed by atoms with Gasteiger partial charge in [-0.1, -0.05) is 67.1 Å². The van der Waals surface area contributed by atoms with Crippen molar-refractivity contribution in [1.29, 1.82) is 0 Å².